The first kappa shape index (κ1) is 32.1. The highest BCUT2D eigenvalue weighted by atomic mass is 19.1. The monoisotopic (exact) mass is 635 g/mol. The van der Waals surface area contributed by atoms with E-state index in [0.29, 0.717) is 25.3 Å². The van der Waals surface area contributed by atoms with Crippen molar-refractivity contribution in [1.29, 1.82) is 0 Å². The van der Waals surface area contributed by atoms with Gasteiger partial charge in [0.2, 0.25) is 5.91 Å². The Morgan fingerprint density at radius 1 is 0.830 bits per heavy atom. The zero-order valence-corrected chi connectivity index (χ0v) is 26.6. The number of amides is 2. The molecule has 8 nitrogen and oxygen atoms in total. The van der Waals surface area contributed by atoms with Gasteiger partial charge in [0.05, 0.1) is 11.4 Å². The summed E-state index contributed by atoms with van der Waals surface area (Å²) in [5.41, 5.74) is 12.2. The number of rotatable bonds is 12. The minimum absolute atomic E-state index is 0.149. The summed E-state index contributed by atoms with van der Waals surface area (Å²) in [7, 11) is 0. The number of hydrogen-bond donors (Lipinski definition) is 2. The van der Waals surface area contributed by atoms with Gasteiger partial charge in [0, 0.05) is 50.9 Å². The highest BCUT2D eigenvalue weighted by molar-refractivity contribution is 5.92. The van der Waals surface area contributed by atoms with Gasteiger partial charge in [-0.05, 0) is 90.5 Å². The molecule has 3 N–H and O–H groups in total. The first-order valence-corrected chi connectivity index (χ1v) is 16.4. The van der Waals surface area contributed by atoms with Gasteiger partial charge in [0.15, 0.2) is 0 Å². The van der Waals surface area contributed by atoms with Crippen LogP contribution in [-0.4, -0.2) is 56.2 Å². The molecule has 6 rings (SSSR count). The molecule has 2 aliphatic rings. The molecule has 1 saturated carbocycles. The molecule has 244 valence electrons. The fraction of sp³-hybridized carbons (Fsp3) is 0.316. The van der Waals surface area contributed by atoms with E-state index in [1.807, 2.05) is 77.7 Å². The summed E-state index contributed by atoms with van der Waals surface area (Å²) >= 11 is 0. The third kappa shape index (κ3) is 8.48. The van der Waals surface area contributed by atoms with Crippen LogP contribution in [0.1, 0.15) is 30.4 Å². The summed E-state index contributed by atoms with van der Waals surface area (Å²) in [6, 6.07) is 30.5. The fourth-order valence-electron chi connectivity index (χ4n) is 6.03. The molecule has 9 heteroatoms. The Hall–Kier alpha value is -4.89. The van der Waals surface area contributed by atoms with Crippen molar-refractivity contribution in [2.24, 2.45) is 11.7 Å². The Bertz CT molecular complexity index is 1650. The molecular weight excluding hydrogens is 593 g/mol. The van der Waals surface area contributed by atoms with Crippen LogP contribution in [0.15, 0.2) is 97.1 Å². The lowest BCUT2D eigenvalue weighted by Crippen LogP contribution is -2.46. The standard InChI is InChI=1S/C38H42FN5O3/c39-33-13-15-34(16-14-33)42-20-22-43(23-21-42)36-17-12-32(25-35(36)41-38(46)47-27-28-6-2-1-3-7-28)31-9-4-8-29(24-31)26-44(19-5-18-40)37(45)30-10-11-30/h1-4,6-9,12-17,24-25,30H,5,10-11,18-23,26-27,40H2,(H,41,46). The minimum atomic E-state index is -0.528. The van der Waals surface area contributed by atoms with Crippen molar-refractivity contribution in [2.75, 3.05) is 54.4 Å². The first-order chi connectivity index (χ1) is 23.0. The number of halogens is 1. The normalized spacial score (nSPS) is 14.5. The first-order valence-electron chi connectivity index (χ1n) is 16.4. The lowest BCUT2D eigenvalue weighted by Gasteiger charge is -2.38. The molecule has 0 aromatic heterocycles. The van der Waals surface area contributed by atoms with E-state index in [1.54, 1.807) is 0 Å². The van der Waals surface area contributed by atoms with E-state index in [-0.39, 0.29) is 24.2 Å². The van der Waals surface area contributed by atoms with Crippen molar-refractivity contribution in [1.82, 2.24) is 4.90 Å². The van der Waals surface area contributed by atoms with Gasteiger partial charge in [-0.15, -0.1) is 0 Å². The third-order valence-corrected chi connectivity index (χ3v) is 8.76. The van der Waals surface area contributed by atoms with E-state index in [2.05, 4.69) is 27.2 Å². The van der Waals surface area contributed by atoms with Crippen LogP contribution in [0.4, 0.5) is 26.2 Å². The van der Waals surface area contributed by atoms with Crippen molar-refractivity contribution in [3.8, 4) is 11.1 Å². The highest BCUT2D eigenvalue weighted by Crippen LogP contribution is 2.34. The van der Waals surface area contributed by atoms with Crippen molar-refractivity contribution < 1.29 is 18.7 Å². The van der Waals surface area contributed by atoms with E-state index in [9.17, 15) is 14.0 Å². The Labute approximate surface area is 275 Å². The largest absolute Gasteiger partial charge is 0.444 e. The zero-order chi connectivity index (χ0) is 32.6. The molecule has 1 aliphatic heterocycles. The molecule has 1 saturated heterocycles. The van der Waals surface area contributed by atoms with Crippen molar-refractivity contribution in [2.45, 2.75) is 32.4 Å². The molecule has 0 radical (unpaired) electrons. The summed E-state index contributed by atoms with van der Waals surface area (Å²) in [6.07, 6.45) is 2.18. The lowest BCUT2D eigenvalue weighted by molar-refractivity contribution is -0.133. The second-order valence-electron chi connectivity index (χ2n) is 12.2. The molecule has 0 spiro atoms. The van der Waals surface area contributed by atoms with Gasteiger partial charge in [0.1, 0.15) is 12.4 Å². The molecule has 1 heterocycles. The Balaban J connectivity index is 1.21. The van der Waals surface area contributed by atoms with Gasteiger partial charge in [0.25, 0.3) is 0 Å². The average molecular weight is 636 g/mol. The number of nitrogens with two attached hydrogens (primary N) is 1. The molecule has 0 atom stereocenters. The number of hydrogen-bond acceptors (Lipinski definition) is 6. The lowest BCUT2D eigenvalue weighted by atomic mass is 10.0. The fourth-order valence-corrected chi connectivity index (χ4v) is 6.03. The Morgan fingerprint density at radius 3 is 2.26 bits per heavy atom. The zero-order valence-electron chi connectivity index (χ0n) is 26.6. The topological polar surface area (TPSA) is 91.1 Å². The molecule has 0 unspecified atom stereocenters. The van der Waals surface area contributed by atoms with Gasteiger partial charge in [-0.2, -0.15) is 0 Å². The maximum absolute atomic E-state index is 13.5. The molecule has 1 aliphatic carbocycles. The summed E-state index contributed by atoms with van der Waals surface area (Å²) < 4.78 is 19.1. The number of anilines is 3. The number of ether oxygens (including phenoxy) is 1. The van der Waals surface area contributed by atoms with Crippen LogP contribution in [0.25, 0.3) is 11.1 Å². The van der Waals surface area contributed by atoms with Crippen LogP contribution in [-0.2, 0) is 22.7 Å². The molecule has 2 amide bonds. The van der Waals surface area contributed by atoms with Crippen LogP contribution in [0, 0.1) is 11.7 Å². The second kappa shape index (κ2) is 15.1. The highest BCUT2D eigenvalue weighted by Gasteiger charge is 2.33. The molecule has 2 fully saturated rings. The van der Waals surface area contributed by atoms with E-state index in [1.165, 1.54) is 12.1 Å². The molecule has 4 aromatic carbocycles. The maximum atomic E-state index is 13.5. The SMILES string of the molecule is NCCCN(Cc1cccc(-c2ccc(N3CCN(c4ccc(F)cc4)CC3)c(NC(=O)OCc3ccccc3)c2)c1)C(=O)C1CC1. The number of carbonyl (C=O) groups excluding carboxylic acids is 2. The van der Waals surface area contributed by atoms with Crippen LogP contribution in [0.3, 0.4) is 0 Å². The number of nitrogens with zero attached hydrogens (tertiary/aromatic N) is 3. The van der Waals surface area contributed by atoms with Crippen LogP contribution in [0.2, 0.25) is 0 Å². The summed E-state index contributed by atoms with van der Waals surface area (Å²) in [5.74, 6) is 0.119. The van der Waals surface area contributed by atoms with Crippen molar-refractivity contribution in [3.05, 3.63) is 114 Å². The smallest absolute Gasteiger partial charge is 0.412 e. The molecular formula is C38H42FN5O3. The molecule has 47 heavy (non-hydrogen) atoms. The second-order valence-corrected chi connectivity index (χ2v) is 12.2. The summed E-state index contributed by atoms with van der Waals surface area (Å²) in [6.45, 7) is 4.88. The Morgan fingerprint density at radius 2 is 1.53 bits per heavy atom. The number of nitrogens with one attached hydrogen (secondary N) is 1. The average Bonchev–Trinajstić information content (AvgIpc) is 3.96. The third-order valence-electron chi connectivity index (χ3n) is 8.76. The van der Waals surface area contributed by atoms with Gasteiger partial charge in [-0.25, -0.2) is 9.18 Å². The predicted molar refractivity (Wildman–Crippen MR) is 185 cm³/mol. The van der Waals surface area contributed by atoms with E-state index >= 15 is 0 Å². The van der Waals surface area contributed by atoms with Gasteiger partial charge < -0.3 is 25.2 Å². The number of carbonyl (C=O) groups is 2. The number of benzene rings is 4. The maximum Gasteiger partial charge on any atom is 0.412 e. The van der Waals surface area contributed by atoms with E-state index in [0.717, 1.165) is 79.1 Å². The van der Waals surface area contributed by atoms with Crippen LogP contribution in [0.5, 0.6) is 0 Å². The van der Waals surface area contributed by atoms with Gasteiger partial charge >= 0.3 is 6.09 Å². The quantitative estimate of drug-likeness (QED) is 0.181. The van der Waals surface area contributed by atoms with Crippen LogP contribution < -0.4 is 20.9 Å². The van der Waals surface area contributed by atoms with Crippen LogP contribution >= 0.6 is 0 Å². The minimum Gasteiger partial charge on any atom is -0.444 e. The van der Waals surface area contributed by atoms with E-state index < -0.39 is 6.09 Å². The molecule has 0 bridgehead atoms. The van der Waals surface area contributed by atoms with Gasteiger partial charge in [-0.1, -0.05) is 54.6 Å². The molecule has 4 aromatic rings. The summed E-state index contributed by atoms with van der Waals surface area (Å²) in [4.78, 5) is 32.5. The van der Waals surface area contributed by atoms with Gasteiger partial charge in [-0.3, -0.25) is 10.1 Å². The number of piperazine rings is 1. The summed E-state index contributed by atoms with van der Waals surface area (Å²) in [5, 5.41) is 3.02. The van der Waals surface area contributed by atoms with Crippen molar-refractivity contribution in [3.63, 3.8) is 0 Å². The van der Waals surface area contributed by atoms with Crippen molar-refractivity contribution >= 4 is 29.1 Å². The van der Waals surface area contributed by atoms with E-state index in [4.69, 9.17) is 10.5 Å². The predicted octanol–water partition coefficient (Wildman–Crippen LogP) is 6.66. The Kier molecular flexibility index (Phi) is 10.3.